The standard InChI is InChI=1S/C22H24N4O4S/c1-15(16-4-9-19-20(12-16)30-11-3-10-29-19)24-21(27)13-31-22-25-23-14-26(22)17-5-7-18(28-2)8-6-17/h4-9,12,14-15H,3,10-11,13H2,1-2H3,(H,24,27). The molecule has 1 aromatic heterocycles. The van der Waals surface area contributed by atoms with Crippen molar-refractivity contribution < 1.29 is 19.0 Å². The molecule has 2 heterocycles. The first-order valence-corrected chi connectivity index (χ1v) is 11.0. The van der Waals surface area contributed by atoms with Crippen LogP contribution in [0.2, 0.25) is 0 Å². The lowest BCUT2D eigenvalue weighted by atomic mass is 10.1. The summed E-state index contributed by atoms with van der Waals surface area (Å²) in [5.41, 5.74) is 1.86. The number of hydrogen-bond acceptors (Lipinski definition) is 7. The van der Waals surface area contributed by atoms with Crippen LogP contribution in [0.1, 0.15) is 24.9 Å². The topological polar surface area (TPSA) is 87.5 Å². The second kappa shape index (κ2) is 9.74. The van der Waals surface area contributed by atoms with Gasteiger partial charge in [0.05, 0.1) is 32.1 Å². The fourth-order valence-corrected chi connectivity index (χ4v) is 3.93. The Morgan fingerprint density at radius 3 is 2.74 bits per heavy atom. The van der Waals surface area contributed by atoms with E-state index in [2.05, 4.69) is 15.5 Å². The summed E-state index contributed by atoms with van der Waals surface area (Å²) in [4.78, 5) is 12.5. The maximum Gasteiger partial charge on any atom is 0.230 e. The van der Waals surface area contributed by atoms with Crippen LogP contribution in [0, 0.1) is 0 Å². The number of carbonyl (C=O) groups excluding carboxylic acids is 1. The van der Waals surface area contributed by atoms with Crippen molar-refractivity contribution in [3.63, 3.8) is 0 Å². The minimum Gasteiger partial charge on any atom is -0.497 e. The minimum absolute atomic E-state index is 0.0890. The number of hydrogen-bond donors (Lipinski definition) is 1. The first-order chi connectivity index (χ1) is 15.1. The number of amides is 1. The van der Waals surface area contributed by atoms with Crippen LogP contribution in [0.5, 0.6) is 17.2 Å². The molecule has 0 saturated carbocycles. The molecule has 8 nitrogen and oxygen atoms in total. The molecule has 1 aliphatic heterocycles. The Morgan fingerprint density at radius 1 is 1.19 bits per heavy atom. The SMILES string of the molecule is COc1ccc(-n2cnnc2SCC(=O)NC(C)c2ccc3c(c2)OCCCO3)cc1. The second-order valence-corrected chi connectivity index (χ2v) is 7.96. The van der Waals surface area contributed by atoms with Gasteiger partial charge in [-0.3, -0.25) is 9.36 Å². The fraction of sp³-hybridized carbons (Fsp3) is 0.318. The van der Waals surface area contributed by atoms with E-state index >= 15 is 0 Å². The predicted octanol–water partition coefficient (Wildman–Crippen LogP) is 3.41. The summed E-state index contributed by atoms with van der Waals surface area (Å²) >= 11 is 1.33. The van der Waals surface area contributed by atoms with E-state index in [1.165, 1.54) is 11.8 Å². The van der Waals surface area contributed by atoms with Crippen LogP contribution in [-0.2, 0) is 4.79 Å². The van der Waals surface area contributed by atoms with E-state index in [-0.39, 0.29) is 17.7 Å². The predicted molar refractivity (Wildman–Crippen MR) is 117 cm³/mol. The van der Waals surface area contributed by atoms with Crippen LogP contribution < -0.4 is 19.5 Å². The average Bonchev–Trinajstić information content (AvgIpc) is 3.14. The Bertz CT molecular complexity index is 1040. The number of rotatable bonds is 7. The first kappa shape index (κ1) is 21.0. The minimum atomic E-state index is -0.162. The lowest BCUT2D eigenvalue weighted by Crippen LogP contribution is -2.28. The summed E-state index contributed by atoms with van der Waals surface area (Å²) in [6.45, 7) is 3.22. The van der Waals surface area contributed by atoms with Gasteiger partial charge in [-0.05, 0) is 48.9 Å². The van der Waals surface area contributed by atoms with Gasteiger partial charge in [0, 0.05) is 12.1 Å². The number of thioether (sulfide) groups is 1. The highest BCUT2D eigenvalue weighted by atomic mass is 32.2. The summed E-state index contributed by atoms with van der Waals surface area (Å²) in [6, 6.07) is 13.2. The van der Waals surface area contributed by atoms with Crippen LogP contribution in [0.25, 0.3) is 5.69 Å². The molecule has 1 aliphatic rings. The first-order valence-electron chi connectivity index (χ1n) is 10.00. The molecule has 1 amide bonds. The number of nitrogens with one attached hydrogen (secondary N) is 1. The molecule has 0 saturated heterocycles. The van der Waals surface area contributed by atoms with Gasteiger partial charge in [-0.1, -0.05) is 17.8 Å². The summed E-state index contributed by atoms with van der Waals surface area (Å²) in [5.74, 6) is 2.37. The maximum absolute atomic E-state index is 12.5. The summed E-state index contributed by atoms with van der Waals surface area (Å²) in [7, 11) is 1.63. The van der Waals surface area contributed by atoms with E-state index in [0.717, 1.165) is 34.9 Å². The van der Waals surface area contributed by atoms with Gasteiger partial charge in [0.25, 0.3) is 0 Å². The molecule has 3 aromatic rings. The van der Waals surface area contributed by atoms with Gasteiger partial charge >= 0.3 is 0 Å². The summed E-state index contributed by atoms with van der Waals surface area (Å²) in [5, 5.41) is 11.8. The van der Waals surface area contributed by atoms with Crippen LogP contribution in [0.4, 0.5) is 0 Å². The van der Waals surface area contributed by atoms with E-state index in [1.54, 1.807) is 13.4 Å². The largest absolute Gasteiger partial charge is 0.497 e. The van der Waals surface area contributed by atoms with E-state index in [4.69, 9.17) is 14.2 Å². The molecule has 0 bridgehead atoms. The highest BCUT2D eigenvalue weighted by molar-refractivity contribution is 7.99. The van der Waals surface area contributed by atoms with Gasteiger partial charge in [-0.2, -0.15) is 0 Å². The van der Waals surface area contributed by atoms with Gasteiger partial charge in [-0.15, -0.1) is 10.2 Å². The van der Waals surface area contributed by atoms with Gasteiger partial charge in [0.2, 0.25) is 5.91 Å². The zero-order valence-electron chi connectivity index (χ0n) is 17.4. The Morgan fingerprint density at radius 2 is 1.97 bits per heavy atom. The quantitative estimate of drug-likeness (QED) is 0.564. The molecular weight excluding hydrogens is 416 g/mol. The fourth-order valence-electron chi connectivity index (χ4n) is 3.19. The highest BCUT2D eigenvalue weighted by Crippen LogP contribution is 2.32. The molecule has 4 rings (SSSR count). The van der Waals surface area contributed by atoms with Crippen molar-refractivity contribution in [2.24, 2.45) is 0 Å². The van der Waals surface area contributed by atoms with Crippen molar-refractivity contribution in [1.82, 2.24) is 20.1 Å². The third kappa shape index (κ3) is 5.11. The van der Waals surface area contributed by atoms with Gasteiger partial charge in [0.1, 0.15) is 12.1 Å². The van der Waals surface area contributed by atoms with Crippen molar-refractivity contribution >= 4 is 17.7 Å². The molecule has 9 heteroatoms. The maximum atomic E-state index is 12.5. The lowest BCUT2D eigenvalue weighted by Gasteiger charge is -2.16. The van der Waals surface area contributed by atoms with Crippen LogP contribution in [-0.4, -0.2) is 46.7 Å². The average molecular weight is 441 g/mol. The number of benzene rings is 2. The smallest absolute Gasteiger partial charge is 0.230 e. The summed E-state index contributed by atoms with van der Waals surface area (Å²) < 4.78 is 18.4. The zero-order chi connectivity index (χ0) is 21.6. The van der Waals surface area contributed by atoms with E-state index in [1.807, 2.05) is 54.0 Å². The van der Waals surface area contributed by atoms with E-state index < -0.39 is 0 Å². The number of ether oxygens (including phenoxy) is 3. The molecule has 1 atom stereocenters. The van der Waals surface area contributed by atoms with Crippen molar-refractivity contribution in [2.45, 2.75) is 24.5 Å². The molecule has 2 aromatic carbocycles. The molecule has 162 valence electrons. The molecule has 1 N–H and O–H groups in total. The number of fused-ring (bicyclic) bond motifs is 1. The Balaban J connectivity index is 1.35. The van der Waals surface area contributed by atoms with Crippen LogP contribution in [0.15, 0.2) is 53.9 Å². The Kier molecular flexibility index (Phi) is 6.61. The second-order valence-electron chi connectivity index (χ2n) is 7.02. The Hall–Kier alpha value is -3.20. The molecule has 0 spiro atoms. The highest BCUT2D eigenvalue weighted by Gasteiger charge is 2.16. The third-order valence-electron chi connectivity index (χ3n) is 4.85. The molecular formula is C22H24N4O4S. The molecule has 31 heavy (non-hydrogen) atoms. The Labute approximate surface area is 184 Å². The summed E-state index contributed by atoms with van der Waals surface area (Å²) in [6.07, 6.45) is 2.48. The van der Waals surface area contributed by atoms with Crippen molar-refractivity contribution in [3.8, 4) is 22.9 Å². The van der Waals surface area contributed by atoms with Crippen molar-refractivity contribution in [1.29, 1.82) is 0 Å². The van der Waals surface area contributed by atoms with Gasteiger partial charge in [-0.25, -0.2) is 0 Å². The third-order valence-corrected chi connectivity index (χ3v) is 5.79. The number of methoxy groups -OCH3 is 1. The van der Waals surface area contributed by atoms with Crippen LogP contribution in [0.3, 0.4) is 0 Å². The molecule has 0 radical (unpaired) electrons. The van der Waals surface area contributed by atoms with Gasteiger partial charge < -0.3 is 19.5 Å². The lowest BCUT2D eigenvalue weighted by molar-refractivity contribution is -0.119. The molecule has 1 unspecified atom stereocenters. The van der Waals surface area contributed by atoms with Crippen molar-refractivity contribution in [3.05, 3.63) is 54.4 Å². The normalized spacial score (nSPS) is 13.9. The zero-order valence-corrected chi connectivity index (χ0v) is 18.2. The van der Waals surface area contributed by atoms with Crippen molar-refractivity contribution in [2.75, 3.05) is 26.1 Å². The number of nitrogens with zero attached hydrogens (tertiary/aromatic N) is 3. The van der Waals surface area contributed by atoms with E-state index in [9.17, 15) is 4.79 Å². The number of aromatic nitrogens is 3. The molecule has 0 aliphatic carbocycles. The van der Waals surface area contributed by atoms with E-state index in [0.29, 0.717) is 18.4 Å². The van der Waals surface area contributed by atoms with Gasteiger partial charge in [0.15, 0.2) is 16.7 Å². The van der Waals surface area contributed by atoms with Crippen LogP contribution >= 0.6 is 11.8 Å². The number of carbonyl (C=O) groups is 1. The monoisotopic (exact) mass is 440 g/mol. The molecule has 0 fully saturated rings.